The number of rotatable bonds is 3. The van der Waals surface area contributed by atoms with Gasteiger partial charge in [0.2, 0.25) is 0 Å². The number of aromatic nitrogens is 1. The molecule has 0 spiro atoms. The van der Waals surface area contributed by atoms with Gasteiger partial charge in [0.15, 0.2) is 0 Å². The van der Waals surface area contributed by atoms with Crippen LogP contribution in [0, 0.1) is 0 Å². The Morgan fingerprint density at radius 3 is 2.47 bits per heavy atom. The van der Waals surface area contributed by atoms with E-state index in [0.717, 1.165) is 30.2 Å². The second-order valence-electron chi connectivity index (χ2n) is 5.71. The summed E-state index contributed by atoms with van der Waals surface area (Å²) < 4.78 is 5.78. The first-order chi connectivity index (χ1) is 8.99. The fourth-order valence-electron chi connectivity index (χ4n) is 2.49. The van der Waals surface area contributed by atoms with Crippen molar-refractivity contribution in [1.82, 2.24) is 4.98 Å². The van der Waals surface area contributed by atoms with Crippen LogP contribution in [0.1, 0.15) is 44.9 Å². The van der Waals surface area contributed by atoms with Crippen LogP contribution in [0.3, 0.4) is 0 Å². The number of pyridine rings is 1. The van der Waals surface area contributed by atoms with Crippen molar-refractivity contribution in [3.05, 3.63) is 23.4 Å². The summed E-state index contributed by atoms with van der Waals surface area (Å²) in [5.41, 5.74) is 2.25. The molecule has 4 heteroatoms. The van der Waals surface area contributed by atoms with Gasteiger partial charge in [-0.1, -0.05) is 13.8 Å². The molecule has 2 atom stereocenters. The molecule has 0 radical (unpaired) electrons. The van der Waals surface area contributed by atoms with Crippen LogP contribution >= 0.6 is 11.6 Å². The Hall–Kier alpha value is -0.800. The highest BCUT2D eigenvalue weighted by molar-refractivity contribution is 6.17. The number of nitrogens with zero attached hydrogens (tertiary/aromatic N) is 2. The minimum atomic E-state index is 0.243. The number of halogens is 1. The van der Waals surface area contributed by atoms with Gasteiger partial charge in [-0.15, -0.1) is 11.6 Å². The number of anilines is 1. The van der Waals surface area contributed by atoms with Crippen LogP contribution in [-0.2, 0) is 10.6 Å². The van der Waals surface area contributed by atoms with E-state index < -0.39 is 0 Å². The van der Waals surface area contributed by atoms with Crippen LogP contribution in [-0.4, -0.2) is 30.3 Å². The average Bonchev–Trinajstić information content (AvgIpc) is 2.37. The van der Waals surface area contributed by atoms with Crippen molar-refractivity contribution in [3.63, 3.8) is 0 Å². The van der Waals surface area contributed by atoms with Crippen LogP contribution in [0.2, 0.25) is 0 Å². The van der Waals surface area contributed by atoms with Crippen LogP contribution in [0.25, 0.3) is 0 Å². The first kappa shape index (κ1) is 14.6. The second-order valence-corrected chi connectivity index (χ2v) is 5.98. The molecule has 3 nitrogen and oxygen atoms in total. The van der Waals surface area contributed by atoms with E-state index in [4.69, 9.17) is 21.3 Å². The Labute approximate surface area is 120 Å². The predicted molar refractivity (Wildman–Crippen MR) is 80.1 cm³/mol. The Balaban J connectivity index is 2.30. The van der Waals surface area contributed by atoms with E-state index >= 15 is 0 Å². The highest BCUT2D eigenvalue weighted by Gasteiger charge is 2.23. The summed E-state index contributed by atoms with van der Waals surface area (Å²) in [7, 11) is 0. The fourth-order valence-corrected chi connectivity index (χ4v) is 2.65. The van der Waals surface area contributed by atoms with Crippen LogP contribution in [0.4, 0.5) is 5.82 Å². The van der Waals surface area contributed by atoms with Crippen LogP contribution < -0.4 is 4.90 Å². The van der Waals surface area contributed by atoms with E-state index in [-0.39, 0.29) is 12.2 Å². The highest BCUT2D eigenvalue weighted by Crippen LogP contribution is 2.24. The summed E-state index contributed by atoms with van der Waals surface area (Å²) in [4.78, 5) is 7.09. The molecular weight excluding hydrogens is 260 g/mol. The molecule has 0 N–H and O–H groups in total. The molecule has 0 unspecified atom stereocenters. The topological polar surface area (TPSA) is 25.4 Å². The molecule has 1 saturated heterocycles. The summed E-state index contributed by atoms with van der Waals surface area (Å²) in [6, 6.07) is 4.21. The third-order valence-electron chi connectivity index (χ3n) is 3.38. The van der Waals surface area contributed by atoms with E-state index in [1.54, 1.807) is 0 Å². The third-order valence-corrected chi connectivity index (χ3v) is 3.69. The van der Waals surface area contributed by atoms with Crippen molar-refractivity contribution in [2.24, 2.45) is 0 Å². The first-order valence-corrected chi connectivity index (χ1v) is 7.50. The summed E-state index contributed by atoms with van der Waals surface area (Å²) in [5.74, 6) is 1.98. The summed E-state index contributed by atoms with van der Waals surface area (Å²) in [6.07, 6.45) is 0.486. The molecule has 2 rings (SSSR count). The van der Waals surface area contributed by atoms with Crippen molar-refractivity contribution < 1.29 is 4.74 Å². The van der Waals surface area contributed by atoms with Gasteiger partial charge in [0.25, 0.3) is 0 Å². The number of morpholine rings is 1. The summed E-state index contributed by atoms with van der Waals surface area (Å²) in [6.45, 7) is 10.3. The molecule has 2 heterocycles. The zero-order chi connectivity index (χ0) is 14.0. The minimum absolute atomic E-state index is 0.243. The summed E-state index contributed by atoms with van der Waals surface area (Å²) >= 11 is 6.00. The molecule has 0 saturated carbocycles. The Morgan fingerprint density at radius 2 is 1.95 bits per heavy atom. The lowest BCUT2D eigenvalue weighted by molar-refractivity contribution is -0.00547. The molecule has 1 aliphatic rings. The Kier molecular flexibility index (Phi) is 4.69. The Bertz CT molecular complexity index is 426. The van der Waals surface area contributed by atoms with Crippen molar-refractivity contribution in [2.45, 2.75) is 51.7 Å². The van der Waals surface area contributed by atoms with Crippen LogP contribution in [0.5, 0.6) is 0 Å². The maximum atomic E-state index is 6.00. The van der Waals surface area contributed by atoms with Gasteiger partial charge in [0.1, 0.15) is 5.82 Å². The zero-order valence-corrected chi connectivity index (χ0v) is 12.9. The molecule has 106 valence electrons. The standard InChI is InChI=1S/C15H23ClN2O/c1-10(2)14-5-13(7-16)6-15(17-14)18-8-11(3)19-12(4)9-18/h5-6,10-12H,7-9H2,1-4H3/t11-,12+. The fraction of sp³-hybridized carbons (Fsp3) is 0.667. The van der Waals surface area contributed by atoms with E-state index in [0.29, 0.717) is 11.8 Å². The molecule has 0 aliphatic carbocycles. The number of hydrogen-bond acceptors (Lipinski definition) is 3. The van der Waals surface area contributed by atoms with Crippen molar-refractivity contribution >= 4 is 17.4 Å². The van der Waals surface area contributed by atoms with E-state index in [1.165, 1.54) is 0 Å². The molecule has 1 aromatic heterocycles. The van der Waals surface area contributed by atoms with Gasteiger partial charge in [-0.05, 0) is 37.5 Å². The predicted octanol–water partition coefficient (Wildman–Crippen LogP) is 3.56. The molecule has 1 aromatic rings. The smallest absolute Gasteiger partial charge is 0.129 e. The maximum absolute atomic E-state index is 6.00. The minimum Gasteiger partial charge on any atom is -0.372 e. The lowest BCUT2D eigenvalue weighted by Crippen LogP contribution is -2.46. The van der Waals surface area contributed by atoms with E-state index in [2.05, 4.69) is 44.7 Å². The van der Waals surface area contributed by atoms with Crippen LogP contribution in [0.15, 0.2) is 12.1 Å². The van der Waals surface area contributed by atoms with Gasteiger partial charge in [0, 0.05) is 24.7 Å². The highest BCUT2D eigenvalue weighted by atomic mass is 35.5. The average molecular weight is 283 g/mol. The van der Waals surface area contributed by atoms with Gasteiger partial charge in [-0.25, -0.2) is 4.98 Å². The molecule has 0 aromatic carbocycles. The molecule has 0 bridgehead atoms. The largest absolute Gasteiger partial charge is 0.372 e. The van der Waals surface area contributed by atoms with E-state index in [9.17, 15) is 0 Å². The number of ether oxygens (including phenoxy) is 1. The Morgan fingerprint density at radius 1 is 1.32 bits per heavy atom. The number of alkyl halides is 1. The monoisotopic (exact) mass is 282 g/mol. The molecule has 19 heavy (non-hydrogen) atoms. The summed E-state index contributed by atoms with van der Waals surface area (Å²) in [5, 5.41) is 0. The maximum Gasteiger partial charge on any atom is 0.129 e. The van der Waals surface area contributed by atoms with Crippen molar-refractivity contribution in [1.29, 1.82) is 0 Å². The quantitative estimate of drug-likeness (QED) is 0.793. The van der Waals surface area contributed by atoms with Gasteiger partial charge in [0.05, 0.1) is 12.2 Å². The SMILES string of the molecule is CC(C)c1cc(CCl)cc(N2C[C@@H](C)O[C@@H](C)C2)n1. The third kappa shape index (κ3) is 3.61. The zero-order valence-electron chi connectivity index (χ0n) is 12.2. The lowest BCUT2D eigenvalue weighted by Gasteiger charge is -2.36. The lowest BCUT2D eigenvalue weighted by atomic mass is 10.1. The molecule has 1 fully saturated rings. The first-order valence-electron chi connectivity index (χ1n) is 6.96. The second kappa shape index (κ2) is 6.10. The normalized spacial score (nSPS) is 24.0. The van der Waals surface area contributed by atoms with Gasteiger partial charge in [-0.3, -0.25) is 0 Å². The molecular formula is C15H23ClN2O. The van der Waals surface area contributed by atoms with Crippen molar-refractivity contribution in [3.8, 4) is 0 Å². The van der Waals surface area contributed by atoms with Gasteiger partial charge < -0.3 is 9.64 Å². The number of hydrogen-bond donors (Lipinski definition) is 0. The van der Waals surface area contributed by atoms with Gasteiger partial charge >= 0.3 is 0 Å². The van der Waals surface area contributed by atoms with Gasteiger partial charge in [-0.2, -0.15) is 0 Å². The molecule has 1 aliphatic heterocycles. The van der Waals surface area contributed by atoms with E-state index in [1.807, 2.05) is 0 Å². The molecule has 0 amide bonds. The van der Waals surface area contributed by atoms with Crippen molar-refractivity contribution in [2.75, 3.05) is 18.0 Å².